The second kappa shape index (κ2) is 6.89. The Bertz CT molecular complexity index is 853. The Labute approximate surface area is 141 Å². The lowest BCUT2D eigenvalue weighted by Crippen LogP contribution is -2.36. The molecule has 1 saturated heterocycles. The van der Waals surface area contributed by atoms with Crippen LogP contribution in [0.2, 0.25) is 0 Å². The van der Waals surface area contributed by atoms with E-state index in [1.54, 1.807) is 12.1 Å². The number of benzene rings is 1. The fourth-order valence-electron chi connectivity index (χ4n) is 2.32. The van der Waals surface area contributed by atoms with E-state index >= 15 is 0 Å². The molecule has 128 valence electrons. The van der Waals surface area contributed by atoms with Crippen molar-refractivity contribution in [2.45, 2.75) is 17.7 Å². The summed E-state index contributed by atoms with van der Waals surface area (Å²) in [6.07, 6.45) is 0.427. The predicted molar refractivity (Wildman–Crippen MR) is 85.6 cm³/mol. The van der Waals surface area contributed by atoms with Gasteiger partial charge in [-0.1, -0.05) is 23.9 Å². The number of halogens is 1. The maximum absolute atomic E-state index is 13.6. The number of nitrogens with one attached hydrogen (secondary N) is 1. The molecule has 1 amide bonds. The summed E-state index contributed by atoms with van der Waals surface area (Å²) in [6.45, 7) is 0. The van der Waals surface area contributed by atoms with Crippen LogP contribution in [0.4, 0.5) is 4.39 Å². The lowest BCUT2D eigenvalue weighted by atomic mass is 10.2. The molecule has 3 rings (SSSR count). The van der Waals surface area contributed by atoms with Crippen LogP contribution in [0.3, 0.4) is 0 Å². The summed E-state index contributed by atoms with van der Waals surface area (Å²) < 4.78 is 41.7. The van der Waals surface area contributed by atoms with Crippen molar-refractivity contribution in [2.75, 3.05) is 17.3 Å². The lowest BCUT2D eigenvalue weighted by molar-refractivity contribution is -0.119. The molecule has 1 aliphatic rings. The third-order valence-corrected chi connectivity index (χ3v) is 6.02. The molecular weight excluding hydrogens is 357 g/mol. The smallest absolute Gasteiger partial charge is 0.277 e. The lowest BCUT2D eigenvalue weighted by Gasteiger charge is -2.09. The first-order valence-corrected chi connectivity index (χ1v) is 9.95. The minimum Gasteiger partial charge on any atom is -0.411 e. The van der Waals surface area contributed by atoms with Crippen molar-refractivity contribution in [1.82, 2.24) is 15.5 Å². The van der Waals surface area contributed by atoms with Gasteiger partial charge in [-0.15, -0.1) is 10.2 Å². The second-order valence-corrected chi connectivity index (χ2v) is 8.46. The summed E-state index contributed by atoms with van der Waals surface area (Å²) in [6, 6.07) is 5.66. The van der Waals surface area contributed by atoms with E-state index in [9.17, 15) is 17.6 Å². The van der Waals surface area contributed by atoms with Gasteiger partial charge >= 0.3 is 0 Å². The van der Waals surface area contributed by atoms with Gasteiger partial charge < -0.3 is 9.73 Å². The van der Waals surface area contributed by atoms with Crippen LogP contribution in [0.5, 0.6) is 0 Å². The van der Waals surface area contributed by atoms with Crippen molar-refractivity contribution in [3.63, 3.8) is 0 Å². The highest BCUT2D eigenvalue weighted by Crippen LogP contribution is 2.25. The summed E-state index contributed by atoms with van der Waals surface area (Å²) in [7, 11) is -3.04. The van der Waals surface area contributed by atoms with Gasteiger partial charge in [-0.3, -0.25) is 4.79 Å². The van der Waals surface area contributed by atoms with E-state index in [-0.39, 0.29) is 45.9 Å². The number of aromatic nitrogens is 2. The average molecular weight is 371 g/mol. The SMILES string of the molecule is O=C(CSc1nnc(-c2ccccc2F)o1)N[C@H]1CCS(=O)(=O)C1. The van der Waals surface area contributed by atoms with Crippen LogP contribution in [-0.2, 0) is 14.6 Å². The van der Waals surface area contributed by atoms with Crippen LogP contribution < -0.4 is 5.32 Å². The van der Waals surface area contributed by atoms with Crippen LogP contribution in [0.15, 0.2) is 33.9 Å². The summed E-state index contributed by atoms with van der Waals surface area (Å²) >= 11 is 1.01. The number of rotatable bonds is 5. The van der Waals surface area contributed by atoms with Gasteiger partial charge in [-0.05, 0) is 18.6 Å². The van der Waals surface area contributed by atoms with Crippen molar-refractivity contribution in [3.8, 4) is 11.5 Å². The largest absolute Gasteiger partial charge is 0.411 e. The molecule has 0 unspecified atom stereocenters. The van der Waals surface area contributed by atoms with E-state index in [2.05, 4.69) is 15.5 Å². The number of hydrogen-bond acceptors (Lipinski definition) is 7. The normalized spacial score (nSPS) is 19.3. The Morgan fingerprint density at radius 3 is 2.88 bits per heavy atom. The van der Waals surface area contributed by atoms with Gasteiger partial charge in [-0.2, -0.15) is 0 Å². The molecule has 1 aromatic heterocycles. The summed E-state index contributed by atoms with van der Waals surface area (Å²) in [5.41, 5.74) is 0.192. The standard InChI is InChI=1S/C14H14FN3O4S2/c15-11-4-2-1-3-10(11)13-17-18-14(22-13)23-7-12(19)16-9-5-6-24(20,21)8-9/h1-4,9H,5-8H2,(H,16,19)/t9-/m0/s1. The zero-order valence-corrected chi connectivity index (χ0v) is 14.1. The van der Waals surface area contributed by atoms with Crippen molar-refractivity contribution < 1.29 is 22.0 Å². The van der Waals surface area contributed by atoms with Gasteiger partial charge in [0.2, 0.25) is 5.91 Å². The highest BCUT2D eigenvalue weighted by molar-refractivity contribution is 7.99. The van der Waals surface area contributed by atoms with Gasteiger partial charge in [0.15, 0.2) is 9.84 Å². The average Bonchev–Trinajstić information content (AvgIpc) is 3.12. The molecule has 0 bridgehead atoms. The van der Waals surface area contributed by atoms with Crippen molar-refractivity contribution in [2.24, 2.45) is 0 Å². The van der Waals surface area contributed by atoms with E-state index in [0.717, 1.165) is 11.8 Å². The Morgan fingerprint density at radius 1 is 1.38 bits per heavy atom. The van der Waals surface area contributed by atoms with E-state index in [4.69, 9.17) is 4.42 Å². The van der Waals surface area contributed by atoms with Gasteiger partial charge in [0, 0.05) is 6.04 Å². The maximum Gasteiger partial charge on any atom is 0.277 e. The van der Waals surface area contributed by atoms with E-state index in [0.29, 0.717) is 6.42 Å². The number of sulfone groups is 1. The Morgan fingerprint density at radius 2 is 2.17 bits per heavy atom. The molecule has 1 fully saturated rings. The van der Waals surface area contributed by atoms with Gasteiger partial charge in [0.1, 0.15) is 5.82 Å². The van der Waals surface area contributed by atoms with Crippen LogP contribution in [0.1, 0.15) is 6.42 Å². The molecule has 0 radical (unpaired) electrons. The fraction of sp³-hybridized carbons (Fsp3) is 0.357. The van der Waals surface area contributed by atoms with Crippen LogP contribution in [0, 0.1) is 5.82 Å². The minimum atomic E-state index is -3.04. The third-order valence-electron chi connectivity index (χ3n) is 3.44. The summed E-state index contributed by atoms with van der Waals surface area (Å²) in [4.78, 5) is 11.8. The number of hydrogen-bond donors (Lipinski definition) is 1. The summed E-state index contributed by atoms with van der Waals surface area (Å²) in [5, 5.41) is 10.3. The van der Waals surface area contributed by atoms with Crippen LogP contribution in [0.25, 0.3) is 11.5 Å². The molecule has 1 atom stereocenters. The molecule has 7 nitrogen and oxygen atoms in total. The molecule has 24 heavy (non-hydrogen) atoms. The van der Waals surface area contributed by atoms with E-state index in [1.807, 2.05) is 0 Å². The van der Waals surface area contributed by atoms with Gasteiger partial charge in [0.25, 0.3) is 11.1 Å². The van der Waals surface area contributed by atoms with Crippen LogP contribution in [-0.4, -0.2) is 47.8 Å². The second-order valence-electron chi connectivity index (χ2n) is 5.31. The fourth-order valence-corrected chi connectivity index (χ4v) is 4.56. The van der Waals surface area contributed by atoms with Gasteiger partial charge in [-0.25, -0.2) is 12.8 Å². The number of nitrogens with zero attached hydrogens (tertiary/aromatic N) is 2. The number of carbonyl (C=O) groups excluding carboxylic acids is 1. The molecule has 10 heteroatoms. The highest BCUT2D eigenvalue weighted by atomic mass is 32.2. The molecule has 0 aliphatic carbocycles. The Kier molecular flexibility index (Phi) is 4.86. The molecule has 2 heterocycles. The molecule has 1 N–H and O–H groups in total. The van der Waals surface area contributed by atoms with E-state index < -0.39 is 15.7 Å². The molecule has 1 aromatic carbocycles. The molecule has 0 saturated carbocycles. The molecule has 2 aromatic rings. The van der Waals surface area contributed by atoms with Crippen molar-refractivity contribution >= 4 is 27.5 Å². The first kappa shape index (κ1) is 16.9. The Balaban J connectivity index is 1.54. The van der Waals surface area contributed by atoms with Crippen molar-refractivity contribution in [3.05, 3.63) is 30.1 Å². The Hall–Kier alpha value is -1.94. The maximum atomic E-state index is 13.6. The molecule has 0 spiro atoms. The number of thioether (sulfide) groups is 1. The van der Waals surface area contributed by atoms with Crippen LogP contribution >= 0.6 is 11.8 Å². The summed E-state index contributed by atoms with van der Waals surface area (Å²) in [5.74, 6) is -0.666. The minimum absolute atomic E-state index is 0.00938. The molecular formula is C14H14FN3O4S2. The molecule has 1 aliphatic heterocycles. The first-order chi connectivity index (χ1) is 11.4. The van der Waals surface area contributed by atoms with Gasteiger partial charge in [0.05, 0.1) is 22.8 Å². The van der Waals surface area contributed by atoms with Crippen molar-refractivity contribution in [1.29, 1.82) is 0 Å². The van der Waals surface area contributed by atoms with E-state index in [1.165, 1.54) is 12.1 Å². The monoisotopic (exact) mass is 371 g/mol. The highest BCUT2D eigenvalue weighted by Gasteiger charge is 2.28. The topological polar surface area (TPSA) is 102 Å². The zero-order valence-electron chi connectivity index (χ0n) is 12.4. The third kappa shape index (κ3) is 4.12. The predicted octanol–water partition coefficient (Wildman–Crippen LogP) is 1.27. The zero-order chi connectivity index (χ0) is 17.2. The number of carbonyl (C=O) groups is 1. The quantitative estimate of drug-likeness (QED) is 0.790. The first-order valence-electron chi connectivity index (χ1n) is 7.14. The number of amides is 1.